The fraction of sp³-hybridized carbons (Fsp3) is 0.286. The molecule has 0 atom stereocenters. The molecule has 56 valence electrons. The fourth-order valence-corrected chi connectivity index (χ4v) is 0.448. The topological polar surface area (TPSA) is 46.5 Å². The Balaban J connectivity index is 4.03. The number of allylic oxidation sites excluding steroid dienone is 1. The fourth-order valence-electron chi connectivity index (χ4n) is 0.448. The van der Waals surface area contributed by atoms with Crippen molar-refractivity contribution < 1.29 is 14.6 Å². The molecule has 0 aromatic heterocycles. The van der Waals surface area contributed by atoms with E-state index in [1.165, 1.54) is 6.08 Å². The van der Waals surface area contributed by atoms with E-state index in [0.29, 0.717) is 6.61 Å². The molecule has 1 N–H and O–H groups in total. The first-order valence-electron chi connectivity index (χ1n) is 2.90. The molecule has 3 nitrogen and oxygen atoms in total. The summed E-state index contributed by atoms with van der Waals surface area (Å²) in [7, 11) is 0. The first-order valence-corrected chi connectivity index (χ1v) is 2.90. The van der Waals surface area contributed by atoms with Crippen LogP contribution in [0.5, 0.6) is 0 Å². The van der Waals surface area contributed by atoms with Gasteiger partial charge in [0.15, 0.2) is 0 Å². The van der Waals surface area contributed by atoms with Crippen LogP contribution in [0.2, 0.25) is 0 Å². The Morgan fingerprint density at radius 3 is 2.70 bits per heavy atom. The molecule has 0 bridgehead atoms. The zero-order valence-corrected chi connectivity index (χ0v) is 5.83. The summed E-state index contributed by atoms with van der Waals surface area (Å²) in [5.41, 5.74) is 0. The van der Waals surface area contributed by atoms with Crippen LogP contribution in [0.25, 0.3) is 0 Å². The highest BCUT2D eigenvalue weighted by atomic mass is 16.5. The molecule has 0 radical (unpaired) electrons. The van der Waals surface area contributed by atoms with Gasteiger partial charge >= 0.3 is 5.97 Å². The van der Waals surface area contributed by atoms with Gasteiger partial charge in [-0.3, -0.25) is 0 Å². The quantitative estimate of drug-likeness (QED) is 0.364. The SMILES string of the molecule is C=C/C(=C\C(=O)O)OCC. The molecule has 0 heterocycles. The maximum atomic E-state index is 10.0. The van der Waals surface area contributed by atoms with Crippen LogP contribution in [0, 0.1) is 0 Å². The summed E-state index contributed by atoms with van der Waals surface area (Å²) < 4.78 is 4.86. The summed E-state index contributed by atoms with van der Waals surface area (Å²) in [5.74, 6) is -0.738. The van der Waals surface area contributed by atoms with Gasteiger partial charge < -0.3 is 9.84 Å². The van der Waals surface area contributed by atoms with Gasteiger partial charge in [-0.25, -0.2) is 4.79 Å². The van der Waals surface area contributed by atoms with E-state index in [-0.39, 0.29) is 5.76 Å². The lowest BCUT2D eigenvalue weighted by Crippen LogP contribution is -1.94. The van der Waals surface area contributed by atoms with Crippen molar-refractivity contribution in [3.63, 3.8) is 0 Å². The van der Waals surface area contributed by atoms with Crippen molar-refractivity contribution in [3.8, 4) is 0 Å². The highest BCUT2D eigenvalue weighted by Crippen LogP contribution is 1.96. The van der Waals surface area contributed by atoms with Gasteiger partial charge in [-0.05, 0) is 13.0 Å². The largest absolute Gasteiger partial charge is 0.494 e. The molecule has 3 heteroatoms. The molecule has 0 aromatic rings. The van der Waals surface area contributed by atoms with E-state index in [0.717, 1.165) is 6.08 Å². The third-order valence-corrected chi connectivity index (χ3v) is 0.778. The van der Waals surface area contributed by atoms with E-state index >= 15 is 0 Å². The van der Waals surface area contributed by atoms with Gasteiger partial charge in [0.2, 0.25) is 0 Å². The second-order valence-electron chi connectivity index (χ2n) is 1.52. The highest BCUT2D eigenvalue weighted by molar-refractivity contribution is 5.80. The van der Waals surface area contributed by atoms with Crippen LogP contribution >= 0.6 is 0 Å². The normalized spacial score (nSPS) is 10.7. The van der Waals surface area contributed by atoms with Gasteiger partial charge in [0.05, 0.1) is 12.7 Å². The minimum Gasteiger partial charge on any atom is -0.494 e. The number of carboxylic acids is 1. The van der Waals surface area contributed by atoms with Crippen LogP contribution in [0.1, 0.15) is 6.92 Å². The standard InChI is InChI=1S/C7H10O3/c1-3-6(10-4-2)5-7(8)9/h3,5H,1,4H2,2H3,(H,8,9)/b6-5+. The van der Waals surface area contributed by atoms with Crippen molar-refractivity contribution >= 4 is 5.97 Å². The van der Waals surface area contributed by atoms with Crippen LogP contribution in [-0.4, -0.2) is 17.7 Å². The molecule has 0 saturated carbocycles. The predicted molar refractivity (Wildman–Crippen MR) is 37.5 cm³/mol. The van der Waals surface area contributed by atoms with Gasteiger partial charge in [0, 0.05) is 0 Å². The number of carboxylic acid groups (broad SMARTS) is 1. The van der Waals surface area contributed by atoms with Crippen LogP contribution < -0.4 is 0 Å². The summed E-state index contributed by atoms with van der Waals surface area (Å²) in [6.07, 6.45) is 2.33. The molecule has 10 heavy (non-hydrogen) atoms. The third kappa shape index (κ3) is 3.72. The summed E-state index contributed by atoms with van der Waals surface area (Å²) >= 11 is 0. The van der Waals surface area contributed by atoms with Gasteiger partial charge in [0.1, 0.15) is 5.76 Å². The maximum absolute atomic E-state index is 10.0. The van der Waals surface area contributed by atoms with Gasteiger partial charge in [0.25, 0.3) is 0 Å². The first kappa shape index (κ1) is 8.75. The van der Waals surface area contributed by atoms with E-state index in [1.807, 2.05) is 0 Å². The maximum Gasteiger partial charge on any atom is 0.332 e. The molecule has 0 aliphatic carbocycles. The van der Waals surface area contributed by atoms with Crippen LogP contribution in [-0.2, 0) is 9.53 Å². The molecule has 0 rings (SSSR count). The number of hydrogen-bond donors (Lipinski definition) is 1. The number of aliphatic carboxylic acids is 1. The average molecular weight is 142 g/mol. The van der Waals surface area contributed by atoms with Crippen molar-refractivity contribution in [1.29, 1.82) is 0 Å². The minimum absolute atomic E-state index is 0.287. The Bertz CT molecular complexity index is 158. The Morgan fingerprint density at radius 1 is 1.80 bits per heavy atom. The van der Waals surface area contributed by atoms with E-state index in [4.69, 9.17) is 9.84 Å². The van der Waals surface area contributed by atoms with Crippen molar-refractivity contribution in [2.45, 2.75) is 6.92 Å². The van der Waals surface area contributed by atoms with Crippen LogP contribution in [0.3, 0.4) is 0 Å². The average Bonchev–Trinajstić information content (AvgIpc) is 1.86. The molecule has 0 fully saturated rings. The molecule has 0 unspecified atom stereocenters. The van der Waals surface area contributed by atoms with Gasteiger partial charge in [-0.1, -0.05) is 6.58 Å². The third-order valence-electron chi connectivity index (χ3n) is 0.778. The Labute approximate surface area is 59.6 Å². The van der Waals surface area contributed by atoms with E-state index in [1.54, 1.807) is 6.92 Å². The molecule has 0 aliphatic heterocycles. The van der Waals surface area contributed by atoms with E-state index in [9.17, 15) is 4.79 Å². The Morgan fingerprint density at radius 2 is 2.40 bits per heavy atom. The molecule has 0 aromatic carbocycles. The molecule has 0 spiro atoms. The van der Waals surface area contributed by atoms with E-state index in [2.05, 4.69) is 6.58 Å². The lowest BCUT2D eigenvalue weighted by molar-refractivity contribution is -0.131. The number of rotatable bonds is 4. The molecule has 0 aliphatic rings. The van der Waals surface area contributed by atoms with Gasteiger partial charge in [-0.15, -0.1) is 0 Å². The Hall–Kier alpha value is -1.25. The number of hydrogen-bond acceptors (Lipinski definition) is 2. The Kier molecular flexibility index (Phi) is 4.04. The smallest absolute Gasteiger partial charge is 0.332 e. The number of ether oxygens (including phenoxy) is 1. The summed E-state index contributed by atoms with van der Waals surface area (Å²) in [4.78, 5) is 10.0. The van der Waals surface area contributed by atoms with Crippen LogP contribution in [0.15, 0.2) is 24.5 Å². The zero-order valence-electron chi connectivity index (χ0n) is 5.83. The molecular formula is C7H10O3. The lowest BCUT2D eigenvalue weighted by Gasteiger charge is -1.99. The second kappa shape index (κ2) is 4.61. The number of carbonyl (C=O) groups is 1. The summed E-state index contributed by atoms with van der Waals surface area (Å²) in [6.45, 7) is 5.60. The zero-order chi connectivity index (χ0) is 7.98. The molecule has 0 amide bonds. The second-order valence-corrected chi connectivity index (χ2v) is 1.52. The van der Waals surface area contributed by atoms with E-state index < -0.39 is 5.97 Å². The monoisotopic (exact) mass is 142 g/mol. The molecule has 0 saturated heterocycles. The van der Waals surface area contributed by atoms with Crippen molar-refractivity contribution in [2.75, 3.05) is 6.61 Å². The minimum atomic E-state index is -1.02. The van der Waals surface area contributed by atoms with Crippen molar-refractivity contribution in [2.24, 2.45) is 0 Å². The first-order chi connectivity index (χ1) is 4.70. The van der Waals surface area contributed by atoms with Gasteiger partial charge in [-0.2, -0.15) is 0 Å². The highest BCUT2D eigenvalue weighted by Gasteiger charge is 1.93. The van der Waals surface area contributed by atoms with Crippen molar-refractivity contribution in [1.82, 2.24) is 0 Å². The van der Waals surface area contributed by atoms with Crippen molar-refractivity contribution in [3.05, 3.63) is 24.5 Å². The van der Waals surface area contributed by atoms with Crippen LogP contribution in [0.4, 0.5) is 0 Å². The lowest BCUT2D eigenvalue weighted by atomic mass is 10.4. The predicted octanol–water partition coefficient (Wildman–Crippen LogP) is 1.18. The summed E-state index contributed by atoms with van der Waals surface area (Å²) in [5, 5.41) is 8.24. The summed E-state index contributed by atoms with van der Waals surface area (Å²) in [6, 6.07) is 0. The molecular weight excluding hydrogens is 132 g/mol.